The van der Waals surface area contributed by atoms with E-state index < -0.39 is 10.0 Å². The van der Waals surface area contributed by atoms with Crippen molar-refractivity contribution in [3.05, 3.63) is 36.7 Å². The zero-order valence-corrected chi connectivity index (χ0v) is 12.3. The molecule has 0 spiro atoms. The first kappa shape index (κ1) is 15.3. The molecule has 0 atom stereocenters. The van der Waals surface area contributed by atoms with Crippen LogP contribution in [0.15, 0.2) is 41.6 Å². The molecule has 2 aromatic rings. The molecule has 2 rings (SSSR count). The maximum Gasteiger partial charge on any atom is 0.261 e. The van der Waals surface area contributed by atoms with Crippen LogP contribution in [0.3, 0.4) is 0 Å². The molecule has 0 saturated carbocycles. The van der Waals surface area contributed by atoms with E-state index in [4.69, 9.17) is 10.6 Å². The topological polar surface area (TPSA) is 111 Å². The number of hydrazine groups is 1. The van der Waals surface area contributed by atoms with Crippen LogP contribution in [0.25, 0.3) is 0 Å². The maximum atomic E-state index is 12.2. The lowest BCUT2D eigenvalue weighted by Gasteiger charge is -2.06. The second kappa shape index (κ2) is 6.57. The fourth-order valence-electron chi connectivity index (χ4n) is 1.67. The van der Waals surface area contributed by atoms with Gasteiger partial charge in [0.2, 0.25) is 0 Å². The highest BCUT2D eigenvalue weighted by Crippen LogP contribution is 2.17. The summed E-state index contributed by atoms with van der Waals surface area (Å²) < 4.78 is 33.4. The molecule has 1 aromatic carbocycles. The molecule has 114 valence electrons. The molecule has 0 amide bonds. The highest BCUT2D eigenvalue weighted by atomic mass is 32.2. The molecule has 0 bridgehead atoms. The molecular weight excluding hydrogens is 294 g/mol. The highest BCUT2D eigenvalue weighted by molar-refractivity contribution is 7.92. The Bertz CT molecular complexity index is 681. The van der Waals surface area contributed by atoms with E-state index in [9.17, 15) is 8.42 Å². The molecule has 1 heterocycles. The van der Waals surface area contributed by atoms with E-state index in [1.165, 1.54) is 18.3 Å². The minimum absolute atomic E-state index is 0.145. The van der Waals surface area contributed by atoms with Gasteiger partial charge in [0, 0.05) is 19.0 Å². The van der Waals surface area contributed by atoms with Crippen LogP contribution < -0.4 is 16.0 Å². The molecule has 4 N–H and O–H groups in total. The van der Waals surface area contributed by atoms with Gasteiger partial charge in [-0.05, 0) is 24.3 Å². The molecule has 0 aliphatic rings. The highest BCUT2D eigenvalue weighted by Gasteiger charge is 2.14. The number of ether oxygens (including phenoxy) is 1. The Kier molecular flexibility index (Phi) is 4.78. The zero-order chi connectivity index (χ0) is 15.3. The van der Waals surface area contributed by atoms with Gasteiger partial charge in [0.1, 0.15) is 0 Å². The normalized spacial score (nSPS) is 11.3. The number of nitrogen functional groups attached to an aromatic ring is 1. The van der Waals surface area contributed by atoms with Crippen molar-refractivity contribution in [2.75, 3.05) is 23.9 Å². The van der Waals surface area contributed by atoms with Crippen molar-refractivity contribution in [2.45, 2.75) is 11.4 Å². The number of aromatic nitrogens is 2. The molecule has 0 aliphatic carbocycles. The van der Waals surface area contributed by atoms with E-state index in [1.54, 1.807) is 30.1 Å². The number of nitrogens with two attached hydrogens (primary N) is 1. The summed E-state index contributed by atoms with van der Waals surface area (Å²) >= 11 is 0. The lowest BCUT2D eigenvalue weighted by atomic mass is 10.3. The summed E-state index contributed by atoms with van der Waals surface area (Å²) in [5, 5.41) is 4.04. The van der Waals surface area contributed by atoms with Crippen LogP contribution >= 0.6 is 0 Å². The number of methoxy groups -OCH3 is 1. The lowest BCUT2D eigenvalue weighted by molar-refractivity contribution is 0.183. The predicted molar refractivity (Wildman–Crippen MR) is 79.2 cm³/mol. The summed E-state index contributed by atoms with van der Waals surface area (Å²) in [6.45, 7) is 1.05. The molecule has 0 fully saturated rings. The van der Waals surface area contributed by atoms with Crippen molar-refractivity contribution in [2.24, 2.45) is 5.84 Å². The zero-order valence-electron chi connectivity index (χ0n) is 11.5. The van der Waals surface area contributed by atoms with Crippen LogP contribution in [-0.2, 0) is 21.3 Å². The first-order chi connectivity index (χ1) is 10.0. The van der Waals surface area contributed by atoms with Gasteiger partial charge in [0.25, 0.3) is 10.0 Å². The smallest absolute Gasteiger partial charge is 0.261 e. The van der Waals surface area contributed by atoms with Crippen molar-refractivity contribution >= 4 is 21.4 Å². The third-order valence-electron chi connectivity index (χ3n) is 2.74. The molecule has 1 aromatic heterocycles. The van der Waals surface area contributed by atoms with Gasteiger partial charge < -0.3 is 10.2 Å². The Labute approximate surface area is 122 Å². The molecule has 0 radical (unpaired) electrons. The van der Waals surface area contributed by atoms with Crippen LogP contribution in [0.2, 0.25) is 0 Å². The Morgan fingerprint density at radius 3 is 2.62 bits per heavy atom. The maximum absolute atomic E-state index is 12.2. The summed E-state index contributed by atoms with van der Waals surface area (Å²) in [7, 11) is -2.06. The summed E-state index contributed by atoms with van der Waals surface area (Å²) in [6.07, 6.45) is 3.05. The second-order valence-electron chi connectivity index (χ2n) is 4.26. The fraction of sp³-hybridized carbons (Fsp3) is 0.250. The average molecular weight is 311 g/mol. The number of hydrogen-bond acceptors (Lipinski definition) is 6. The number of sulfonamides is 1. The minimum Gasteiger partial charge on any atom is -0.383 e. The van der Waals surface area contributed by atoms with Crippen LogP contribution in [0.4, 0.5) is 11.4 Å². The van der Waals surface area contributed by atoms with Crippen molar-refractivity contribution < 1.29 is 13.2 Å². The molecule has 9 heteroatoms. The Morgan fingerprint density at radius 2 is 2.00 bits per heavy atom. The van der Waals surface area contributed by atoms with E-state index in [-0.39, 0.29) is 4.90 Å². The number of benzene rings is 1. The van der Waals surface area contributed by atoms with Crippen molar-refractivity contribution in [3.63, 3.8) is 0 Å². The van der Waals surface area contributed by atoms with E-state index in [0.29, 0.717) is 24.5 Å². The number of nitrogens with one attached hydrogen (secondary N) is 2. The quantitative estimate of drug-likeness (QED) is 0.510. The second-order valence-corrected chi connectivity index (χ2v) is 5.94. The Morgan fingerprint density at radius 1 is 1.29 bits per heavy atom. The van der Waals surface area contributed by atoms with Crippen molar-refractivity contribution in [1.82, 2.24) is 9.78 Å². The number of hydrogen-bond donors (Lipinski definition) is 3. The van der Waals surface area contributed by atoms with Gasteiger partial charge in [-0.3, -0.25) is 15.2 Å². The molecule has 0 aliphatic heterocycles. The monoisotopic (exact) mass is 311 g/mol. The third-order valence-corrected chi connectivity index (χ3v) is 4.14. The summed E-state index contributed by atoms with van der Waals surface area (Å²) in [5.41, 5.74) is 3.46. The molecule has 8 nitrogen and oxygen atoms in total. The average Bonchev–Trinajstić information content (AvgIpc) is 2.92. The van der Waals surface area contributed by atoms with Gasteiger partial charge in [-0.25, -0.2) is 8.42 Å². The van der Waals surface area contributed by atoms with Gasteiger partial charge in [-0.1, -0.05) is 0 Å². The number of rotatable bonds is 7. The molecule has 21 heavy (non-hydrogen) atoms. The van der Waals surface area contributed by atoms with Crippen molar-refractivity contribution in [3.8, 4) is 0 Å². The molecule has 0 saturated heterocycles. The largest absolute Gasteiger partial charge is 0.383 e. The van der Waals surface area contributed by atoms with Gasteiger partial charge >= 0.3 is 0 Å². The SMILES string of the molecule is COCCn1cc(NS(=O)(=O)c2ccc(NN)cc2)cn1. The summed E-state index contributed by atoms with van der Waals surface area (Å²) in [6, 6.07) is 6.09. The first-order valence-corrected chi connectivity index (χ1v) is 7.64. The number of anilines is 2. The Balaban J connectivity index is 2.10. The van der Waals surface area contributed by atoms with E-state index >= 15 is 0 Å². The molecular formula is C12H17N5O3S. The van der Waals surface area contributed by atoms with Crippen LogP contribution in [-0.4, -0.2) is 31.9 Å². The van der Waals surface area contributed by atoms with Gasteiger partial charge in [0.05, 0.1) is 29.9 Å². The van der Waals surface area contributed by atoms with E-state index in [2.05, 4.69) is 15.2 Å². The fourth-order valence-corrected chi connectivity index (χ4v) is 2.70. The van der Waals surface area contributed by atoms with Gasteiger partial charge in [-0.15, -0.1) is 0 Å². The van der Waals surface area contributed by atoms with Gasteiger partial charge in [-0.2, -0.15) is 5.10 Å². The van der Waals surface area contributed by atoms with E-state index in [0.717, 1.165) is 0 Å². The lowest BCUT2D eigenvalue weighted by Crippen LogP contribution is -2.13. The van der Waals surface area contributed by atoms with Crippen LogP contribution in [0.5, 0.6) is 0 Å². The first-order valence-electron chi connectivity index (χ1n) is 6.16. The predicted octanol–water partition coefficient (Wildman–Crippen LogP) is 0.616. The van der Waals surface area contributed by atoms with E-state index in [1.807, 2.05) is 0 Å². The Hall–Kier alpha value is -2.10. The van der Waals surface area contributed by atoms with Crippen LogP contribution in [0, 0.1) is 0 Å². The third kappa shape index (κ3) is 3.94. The standard InChI is InChI=1S/C12H17N5O3S/c1-20-7-6-17-9-11(8-14-17)16-21(18,19)12-4-2-10(15-13)3-5-12/h2-5,8-9,15-16H,6-7,13H2,1H3. The van der Waals surface area contributed by atoms with Crippen LogP contribution in [0.1, 0.15) is 0 Å². The minimum atomic E-state index is -3.65. The summed E-state index contributed by atoms with van der Waals surface area (Å²) in [4.78, 5) is 0.145. The van der Waals surface area contributed by atoms with Gasteiger partial charge in [0.15, 0.2) is 0 Å². The number of nitrogens with zero attached hydrogens (tertiary/aromatic N) is 2. The van der Waals surface area contributed by atoms with Crippen molar-refractivity contribution in [1.29, 1.82) is 0 Å². The summed E-state index contributed by atoms with van der Waals surface area (Å²) in [5.74, 6) is 5.24. The molecule has 0 unspecified atom stereocenters.